The molecule has 1 heterocycles. The number of carbonyl (C=O) groups is 1. The zero-order valence-corrected chi connectivity index (χ0v) is 15.3. The third-order valence-electron chi connectivity index (χ3n) is 4.17. The fourth-order valence-electron chi connectivity index (χ4n) is 2.83. The van der Waals surface area contributed by atoms with Gasteiger partial charge in [-0.15, -0.1) is 0 Å². The van der Waals surface area contributed by atoms with Crippen LogP contribution in [0.1, 0.15) is 40.2 Å². The number of piperazine rings is 1. The minimum absolute atomic E-state index is 0.0340. The summed E-state index contributed by atoms with van der Waals surface area (Å²) < 4.78 is 27.2. The van der Waals surface area contributed by atoms with Gasteiger partial charge in [-0.3, -0.25) is 4.79 Å². The first kappa shape index (κ1) is 17.9. The lowest BCUT2D eigenvalue weighted by Gasteiger charge is -2.36. The number of amides is 1. The molecule has 1 fully saturated rings. The molecule has 0 bridgehead atoms. The molecular formula is C17H26N2O3S. The van der Waals surface area contributed by atoms with E-state index in [1.165, 1.54) is 4.31 Å². The van der Waals surface area contributed by atoms with Crippen molar-refractivity contribution in [1.29, 1.82) is 0 Å². The lowest BCUT2D eigenvalue weighted by molar-refractivity contribution is -0.128. The van der Waals surface area contributed by atoms with Crippen molar-refractivity contribution < 1.29 is 13.2 Å². The van der Waals surface area contributed by atoms with E-state index in [4.69, 9.17) is 0 Å². The maximum absolute atomic E-state index is 13.0. The summed E-state index contributed by atoms with van der Waals surface area (Å²) in [6, 6.07) is 6.32. The Bertz CT molecular complexity index is 673. The Morgan fingerprint density at radius 3 is 2.22 bits per heavy atom. The summed E-state index contributed by atoms with van der Waals surface area (Å²) in [5.74, 6) is -0.305. The van der Waals surface area contributed by atoms with Crippen LogP contribution in [0.5, 0.6) is 0 Å². The second-order valence-corrected chi connectivity index (χ2v) is 9.26. The van der Waals surface area contributed by atoms with E-state index in [-0.39, 0.29) is 22.1 Å². The molecule has 0 radical (unpaired) electrons. The summed E-state index contributed by atoms with van der Waals surface area (Å²) >= 11 is 0. The van der Waals surface area contributed by atoms with E-state index < -0.39 is 16.1 Å². The summed E-state index contributed by atoms with van der Waals surface area (Å²) in [4.78, 5) is 12.3. The summed E-state index contributed by atoms with van der Waals surface area (Å²) in [5.41, 5.74) is 1.04. The van der Waals surface area contributed by atoms with Crippen molar-refractivity contribution in [1.82, 2.24) is 9.62 Å². The Morgan fingerprint density at radius 2 is 1.74 bits per heavy atom. The molecule has 6 heteroatoms. The minimum Gasteiger partial charge on any atom is -0.353 e. The Balaban J connectivity index is 2.38. The van der Waals surface area contributed by atoms with Gasteiger partial charge in [0.2, 0.25) is 15.9 Å². The van der Waals surface area contributed by atoms with Crippen molar-refractivity contribution in [3.8, 4) is 0 Å². The average molecular weight is 338 g/mol. The molecule has 0 aliphatic carbocycles. The molecule has 128 valence electrons. The van der Waals surface area contributed by atoms with Gasteiger partial charge in [-0.1, -0.05) is 46.8 Å². The fraction of sp³-hybridized carbons (Fsp3) is 0.588. The number of benzene rings is 1. The highest BCUT2D eigenvalue weighted by atomic mass is 32.2. The lowest BCUT2D eigenvalue weighted by Crippen LogP contribution is -2.58. The largest absolute Gasteiger partial charge is 0.353 e. The van der Waals surface area contributed by atoms with Gasteiger partial charge in [-0.05, 0) is 29.0 Å². The van der Waals surface area contributed by atoms with E-state index in [0.29, 0.717) is 13.1 Å². The Morgan fingerprint density at radius 1 is 1.17 bits per heavy atom. The van der Waals surface area contributed by atoms with Gasteiger partial charge in [0, 0.05) is 13.1 Å². The van der Waals surface area contributed by atoms with Crippen LogP contribution in [0.3, 0.4) is 0 Å². The van der Waals surface area contributed by atoms with Crippen molar-refractivity contribution in [3.63, 3.8) is 0 Å². The van der Waals surface area contributed by atoms with Gasteiger partial charge in [0.15, 0.2) is 0 Å². The molecule has 1 unspecified atom stereocenters. The Kier molecular flexibility index (Phi) is 4.87. The van der Waals surface area contributed by atoms with Crippen molar-refractivity contribution in [2.45, 2.75) is 51.0 Å². The molecule has 1 atom stereocenters. The van der Waals surface area contributed by atoms with Crippen LogP contribution in [-0.4, -0.2) is 37.8 Å². The summed E-state index contributed by atoms with van der Waals surface area (Å²) in [7, 11) is -3.68. The molecule has 1 amide bonds. The molecule has 1 N–H and O–H groups in total. The van der Waals surface area contributed by atoms with Crippen LogP contribution in [0.25, 0.3) is 0 Å². The van der Waals surface area contributed by atoms with E-state index >= 15 is 0 Å². The molecule has 1 aliphatic rings. The van der Waals surface area contributed by atoms with Crippen molar-refractivity contribution in [2.24, 2.45) is 5.92 Å². The third kappa shape index (κ3) is 3.58. The van der Waals surface area contributed by atoms with Gasteiger partial charge < -0.3 is 5.32 Å². The maximum Gasteiger partial charge on any atom is 0.243 e. The monoisotopic (exact) mass is 338 g/mol. The number of rotatable bonds is 3. The number of hydrogen-bond acceptors (Lipinski definition) is 3. The van der Waals surface area contributed by atoms with E-state index in [2.05, 4.69) is 26.1 Å². The first-order chi connectivity index (χ1) is 10.5. The molecule has 0 aromatic heterocycles. The van der Waals surface area contributed by atoms with Crippen molar-refractivity contribution in [3.05, 3.63) is 29.8 Å². The molecule has 1 aromatic carbocycles. The molecule has 2 rings (SSSR count). The third-order valence-corrected chi connectivity index (χ3v) is 6.06. The highest BCUT2D eigenvalue weighted by Gasteiger charge is 2.40. The lowest BCUT2D eigenvalue weighted by atomic mass is 9.87. The fourth-order valence-corrected chi connectivity index (χ4v) is 4.55. The Labute approximate surface area is 139 Å². The quantitative estimate of drug-likeness (QED) is 0.918. The smallest absolute Gasteiger partial charge is 0.243 e. The summed E-state index contributed by atoms with van der Waals surface area (Å²) in [6.45, 7) is 10.6. The van der Waals surface area contributed by atoms with E-state index in [1.807, 2.05) is 26.0 Å². The minimum atomic E-state index is -3.68. The predicted octanol–water partition coefficient (Wildman–Crippen LogP) is 2.13. The molecule has 1 aromatic rings. The Hall–Kier alpha value is -1.40. The van der Waals surface area contributed by atoms with Crippen LogP contribution in [0.15, 0.2) is 29.2 Å². The molecule has 0 spiro atoms. The summed E-state index contributed by atoms with van der Waals surface area (Å²) in [6.07, 6.45) is 0. The second kappa shape index (κ2) is 6.24. The topological polar surface area (TPSA) is 66.5 Å². The van der Waals surface area contributed by atoms with Crippen molar-refractivity contribution >= 4 is 15.9 Å². The van der Waals surface area contributed by atoms with Crippen LogP contribution in [0.2, 0.25) is 0 Å². The van der Waals surface area contributed by atoms with Crippen molar-refractivity contribution in [2.75, 3.05) is 13.1 Å². The number of nitrogens with one attached hydrogen (secondary N) is 1. The molecule has 23 heavy (non-hydrogen) atoms. The van der Waals surface area contributed by atoms with Crippen LogP contribution < -0.4 is 5.32 Å². The number of nitrogens with zero attached hydrogens (tertiary/aromatic N) is 1. The van der Waals surface area contributed by atoms with Crippen LogP contribution >= 0.6 is 0 Å². The highest BCUT2D eigenvalue weighted by Crippen LogP contribution is 2.27. The standard InChI is InChI=1S/C17H26N2O3S/c1-12(2)15-16(20)18-10-11-19(15)23(21,22)14-8-6-13(7-9-14)17(3,4)5/h6-9,12,15H,10-11H2,1-5H3,(H,18,20). The number of hydrogen-bond donors (Lipinski definition) is 1. The average Bonchev–Trinajstić information content (AvgIpc) is 2.45. The SMILES string of the molecule is CC(C)C1C(=O)NCCN1S(=O)(=O)c1ccc(C(C)(C)C)cc1. The molecular weight excluding hydrogens is 312 g/mol. The molecule has 0 saturated carbocycles. The second-order valence-electron chi connectivity index (χ2n) is 7.37. The summed E-state index contributed by atoms with van der Waals surface area (Å²) in [5, 5.41) is 2.75. The zero-order chi connectivity index (χ0) is 17.4. The van der Waals surface area contributed by atoms with Crippen LogP contribution in [0.4, 0.5) is 0 Å². The molecule has 1 saturated heterocycles. The van der Waals surface area contributed by atoms with Gasteiger partial charge in [0.25, 0.3) is 0 Å². The van der Waals surface area contributed by atoms with E-state index in [1.54, 1.807) is 12.1 Å². The van der Waals surface area contributed by atoms with Gasteiger partial charge in [0.1, 0.15) is 6.04 Å². The predicted molar refractivity (Wildman–Crippen MR) is 90.7 cm³/mol. The van der Waals surface area contributed by atoms with Crippen LogP contribution in [-0.2, 0) is 20.2 Å². The normalized spacial score (nSPS) is 20.6. The highest BCUT2D eigenvalue weighted by molar-refractivity contribution is 7.89. The first-order valence-corrected chi connectivity index (χ1v) is 9.39. The zero-order valence-electron chi connectivity index (χ0n) is 14.5. The van der Waals surface area contributed by atoms with Gasteiger partial charge in [-0.2, -0.15) is 4.31 Å². The van der Waals surface area contributed by atoms with Crippen LogP contribution in [0, 0.1) is 5.92 Å². The van der Waals surface area contributed by atoms with Gasteiger partial charge in [0.05, 0.1) is 4.90 Å². The maximum atomic E-state index is 13.0. The number of sulfonamides is 1. The van der Waals surface area contributed by atoms with E-state index in [0.717, 1.165) is 5.56 Å². The molecule has 1 aliphatic heterocycles. The molecule has 5 nitrogen and oxygen atoms in total. The first-order valence-electron chi connectivity index (χ1n) is 7.95. The number of carbonyl (C=O) groups excluding carboxylic acids is 1. The van der Waals surface area contributed by atoms with Gasteiger partial charge in [-0.25, -0.2) is 8.42 Å². The van der Waals surface area contributed by atoms with E-state index in [9.17, 15) is 13.2 Å². The van der Waals surface area contributed by atoms with Gasteiger partial charge >= 0.3 is 0 Å².